The van der Waals surface area contributed by atoms with Crippen LogP contribution in [0, 0.1) is 5.92 Å². The molecule has 0 aliphatic rings. The molecule has 1 unspecified atom stereocenters. The second-order valence-electron chi connectivity index (χ2n) is 5.69. The number of anilines is 1. The van der Waals surface area contributed by atoms with Gasteiger partial charge >= 0.3 is 0 Å². The average molecular weight is 295 g/mol. The Morgan fingerprint density at radius 2 is 1.95 bits per heavy atom. The van der Waals surface area contributed by atoms with E-state index in [1.807, 2.05) is 12.2 Å². The van der Waals surface area contributed by atoms with E-state index < -0.39 is 0 Å². The third-order valence-electron chi connectivity index (χ3n) is 3.72. The van der Waals surface area contributed by atoms with Crippen LogP contribution in [0.1, 0.15) is 45.6 Å². The van der Waals surface area contributed by atoms with E-state index >= 15 is 0 Å². The summed E-state index contributed by atoms with van der Waals surface area (Å²) < 4.78 is 0. The second kappa shape index (κ2) is 9.87. The summed E-state index contributed by atoms with van der Waals surface area (Å²) in [5.41, 5.74) is 7.93. The molecule has 0 spiro atoms. The molecule has 1 rings (SSSR count). The van der Waals surface area contributed by atoms with Crippen molar-refractivity contribution in [3.05, 3.63) is 72.1 Å². The Morgan fingerprint density at radius 3 is 2.45 bits per heavy atom. The first-order valence-electron chi connectivity index (χ1n) is 8.20. The van der Waals surface area contributed by atoms with Crippen molar-refractivity contribution in [3.8, 4) is 0 Å². The Morgan fingerprint density at radius 1 is 1.27 bits per heavy atom. The van der Waals surface area contributed by atoms with Crippen molar-refractivity contribution in [2.24, 2.45) is 5.92 Å². The Hall–Kier alpha value is -1.98. The molecule has 0 fully saturated rings. The fourth-order valence-electron chi connectivity index (χ4n) is 2.56. The number of benzene rings is 1. The highest BCUT2D eigenvalue weighted by Gasteiger charge is 2.04. The molecule has 22 heavy (non-hydrogen) atoms. The van der Waals surface area contributed by atoms with Gasteiger partial charge < -0.3 is 5.32 Å². The summed E-state index contributed by atoms with van der Waals surface area (Å²) in [7, 11) is 0. The van der Waals surface area contributed by atoms with Crippen LogP contribution in [-0.2, 0) is 6.42 Å². The van der Waals surface area contributed by atoms with Crippen LogP contribution in [0.4, 0.5) is 5.69 Å². The van der Waals surface area contributed by atoms with Crippen molar-refractivity contribution in [2.75, 3.05) is 5.32 Å². The SMILES string of the molecule is C=C=CC(C)Cc1ccc(N/C(CCC)=C(\C=C)CC)cc1. The molecule has 1 atom stereocenters. The number of rotatable bonds is 9. The molecule has 0 aliphatic heterocycles. The maximum Gasteiger partial charge on any atom is 0.0382 e. The van der Waals surface area contributed by atoms with Crippen molar-refractivity contribution in [2.45, 2.75) is 46.5 Å². The molecule has 0 aliphatic carbocycles. The van der Waals surface area contributed by atoms with Crippen LogP contribution in [0.2, 0.25) is 0 Å². The van der Waals surface area contributed by atoms with Gasteiger partial charge in [0.1, 0.15) is 0 Å². The summed E-state index contributed by atoms with van der Waals surface area (Å²) in [6.45, 7) is 14.1. The smallest absolute Gasteiger partial charge is 0.0382 e. The highest BCUT2D eigenvalue weighted by molar-refractivity contribution is 5.51. The third-order valence-corrected chi connectivity index (χ3v) is 3.72. The van der Waals surface area contributed by atoms with Gasteiger partial charge in [-0.2, -0.15) is 0 Å². The summed E-state index contributed by atoms with van der Waals surface area (Å²) in [4.78, 5) is 0. The van der Waals surface area contributed by atoms with Crippen molar-refractivity contribution in [1.29, 1.82) is 0 Å². The van der Waals surface area contributed by atoms with Gasteiger partial charge in [-0.25, -0.2) is 0 Å². The van der Waals surface area contributed by atoms with Crippen LogP contribution < -0.4 is 5.32 Å². The van der Waals surface area contributed by atoms with Crippen molar-refractivity contribution in [3.63, 3.8) is 0 Å². The zero-order chi connectivity index (χ0) is 16.4. The first-order valence-corrected chi connectivity index (χ1v) is 8.20. The molecular weight excluding hydrogens is 266 g/mol. The van der Waals surface area contributed by atoms with E-state index in [4.69, 9.17) is 0 Å². The number of hydrogen-bond acceptors (Lipinski definition) is 1. The number of nitrogens with one attached hydrogen (secondary N) is 1. The van der Waals surface area contributed by atoms with E-state index in [0.717, 1.165) is 31.4 Å². The lowest BCUT2D eigenvalue weighted by Crippen LogP contribution is -2.03. The van der Waals surface area contributed by atoms with Gasteiger partial charge in [-0.15, -0.1) is 5.73 Å². The maximum absolute atomic E-state index is 3.93. The Bertz CT molecular complexity index is 542. The van der Waals surface area contributed by atoms with Gasteiger partial charge in [0, 0.05) is 11.4 Å². The Balaban J connectivity index is 2.83. The van der Waals surface area contributed by atoms with Gasteiger partial charge in [-0.1, -0.05) is 58.6 Å². The van der Waals surface area contributed by atoms with E-state index in [1.165, 1.54) is 16.8 Å². The van der Waals surface area contributed by atoms with Gasteiger partial charge in [0.15, 0.2) is 0 Å². The molecule has 0 aromatic heterocycles. The molecule has 1 aromatic rings. The molecule has 1 N–H and O–H groups in total. The zero-order valence-corrected chi connectivity index (χ0v) is 14.3. The highest BCUT2D eigenvalue weighted by Crippen LogP contribution is 2.20. The molecule has 1 nitrogen and oxygen atoms in total. The van der Waals surface area contributed by atoms with Crippen LogP contribution in [0.25, 0.3) is 0 Å². The molecule has 1 heteroatoms. The van der Waals surface area contributed by atoms with E-state index in [2.05, 4.69) is 69.2 Å². The van der Waals surface area contributed by atoms with Gasteiger partial charge in [0.2, 0.25) is 0 Å². The Kier molecular flexibility index (Phi) is 8.10. The van der Waals surface area contributed by atoms with Crippen LogP contribution in [0.3, 0.4) is 0 Å². The minimum Gasteiger partial charge on any atom is -0.359 e. The van der Waals surface area contributed by atoms with E-state index in [9.17, 15) is 0 Å². The van der Waals surface area contributed by atoms with Crippen molar-refractivity contribution < 1.29 is 0 Å². The van der Waals surface area contributed by atoms with E-state index in [1.54, 1.807) is 0 Å². The topological polar surface area (TPSA) is 12.0 Å². The predicted molar refractivity (Wildman–Crippen MR) is 99.1 cm³/mol. The maximum atomic E-state index is 3.93. The molecule has 0 amide bonds. The molecule has 0 heterocycles. The second-order valence-corrected chi connectivity index (χ2v) is 5.69. The van der Waals surface area contributed by atoms with Crippen molar-refractivity contribution in [1.82, 2.24) is 0 Å². The highest BCUT2D eigenvalue weighted by atomic mass is 14.9. The van der Waals surface area contributed by atoms with Crippen LogP contribution in [-0.4, -0.2) is 0 Å². The van der Waals surface area contributed by atoms with Crippen LogP contribution in [0.5, 0.6) is 0 Å². The summed E-state index contributed by atoms with van der Waals surface area (Å²) in [5, 5.41) is 3.57. The van der Waals surface area contributed by atoms with Crippen LogP contribution in [0.15, 0.2) is 66.6 Å². The summed E-state index contributed by atoms with van der Waals surface area (Å²) in [5.74, 6) is 0.472. The third kappa shape index (κ3) is 5.79. The van der Waals surface area contributed by atoms with Crippen molar-refractivity contribution >= 4 is 5.69 Å². The quantitative estimate of drug-likeness (QED) is 0.418. The van der Waals surface area contributed by atoms with Crippen LogP contribution >= 0.6 is 0 Å². The monoisotopic (exact) mass is 295 g/mol. The van der Waals surface area contributed by atoms with Gasteiger partial charge in [0.25, 0.3) is 0 Å². The average Bonchev–Trinajstić information content (AvgIpc) is 2.51. The van der Waals surface area contributed by atoms with Gasteiger partial charge in [0.05, 0.1) is 0 Å². The minimum absolute atomic E-state index is 0.472. The largest absolute Gasteiger partial charge is 0.359 e. The lowest BCUT2D eigenvalue weighted by atomic mass is 10.0. The molecule has 0 bridgehead atoms. The normalized spacial score (nSPS) is 12.9. The first-order chi connectivity index (χ1) is 10.6. The van der Waals surface area contributed by atoms with Gasteiger partial charge in [-0.05, 0) is 54.5 Å². The van der Waals surface area contributed by atoms with E-state index in [0.29, 0.717) is 5.92 Å². The fourth-order valence-corrected chi connectivity index (χ4v) is 2.56. The molecular formula is C21H29N. The van der Waals surface area contributed by atoms with E-state index in [-0.39, 0.29) is 0 Å². The molecule has 0 saturated carbocycles. The molecule has 0 radical (unpaired) electrons. The summed E-state index contributed by atoms with van der Waals surface area (Å²) >= 11 is 0. The molecule has 0 saturated heterocycles. The predicted octanol–water partition coefficient (Wildman–Crippen LogP) is 6.27. The first kappa shape index (κ1) is 18.1. The summed E-state index contributed by atoms with van der Waals surface area (Å²) in [6, 6.07) is 8.70. The Labute approximate surface area is 136 Å². The molecule has 118 valence electrons. The lowest BCUT2D eigenvalue weighted by Gasteiger charge is -2.15. The number of allylic oxidation sites excluding steroid dienone is 4. The lowest BCUT2D eigenvalue weighted by molar-refractivity contribution is 0.725. The summed E-state index contributed by atoms with van der Waals surface area (Å²) in [6.07, 6.45) is 8.20. The fraction of sp³-hybridized carbons (Fsp3) is 0.381. The zero-order valence-electron chi connectivity index (χ0n) is 14.3. The standard InChI is InChI=1S/C21H29N/c1-6-10-17(5)16-18-12-14-20(15-13-18)22-21(11-7-2)19(8-3)9-4/h8,10,12-15,17,22H,1,3,7,9,11,16H2,2,4-5H3/b21-19+. The molecule has 1 aromatic carbocycles. The van der Waals surface area contributed by atoms with Gasteiger partial charge in [-0.3, -0.25) is 0 Å². The number of hydrogen-bond donors (Lipinski definition) is 1. The minimum atomic E-state index is 0.472.